The summed E-state index contributed by atoms with van der Waals surface area (Å²) < 4.78 is 0. The van der Waals surface area contributed by atoms with Gasteiger partial charge in [-0.15, -0.1) is 35.3 Å². The molecule has 0 radical (unpaired) electrons. The number of rotatable bonds is 7. The van der Waals surface area contributed by atoms with Crippen molar-refractivity contribution >= 4 is 58.5 Å². The fraction of sp³-hybridized carbons (Fsp3) is 0.182. The van der Waals surface area contributed by atoms with E-state index in [1.165, 1.54) is 23.5 Å². The van der Waals surface area contributed by atoms with Crippen molar-refractivity contribution in [2.45, 2.75) is 27.0 Å². The van der Waals surface area contributed by atoms with Gasteiger partial charge in [-0.25, -0.2) is 4.98 Å². The SMILES string of the molecule is CSc1cc(C)nc(SC)c1NC(=O)C(Sc1ccccc1)c1ccc(Cl)cc1. The molecule has 1 unspecified atom stereocenters. The molecule has 1 aromatic heterocycles. The number of carbonyl (C=O) groups is 1. The summed E-state index contributed by atoms with van der Waals surface area (Å²) in [4.78, 5) is 20.0. The lowest BCUT2D eigenvalue weighted by Gasteiger charge is -2.20. The number of pyridine rings is 1. The van der Waals surface area contributed by atoms with Crippen LogP contribution in [0.15, 0.2) is 75.5 Å². The fourth-order valence-corrected chi connectivity index (χ4v) is 5.25. The minimum atomic E-state index is -0.416. The highest BCUT2D eigenvalue weighted by Crippen LogP contribution is 2.39. The third-order valence-electron chi connectivity index (χ3n) is 4.15. The van der Waals surface area contributed by atoms with Crippen LogP contribution >= 0.6 is 46.9 Å². The van der Waals surface area contributed by atoms with Crippen LogP contribution in [0.4, 0.5) is 5.69 Å². The number of anilines is 1. The molecule has 1 amide bonds. The van der Waals surface area contributed by atoms with E-state index < -0.39 is 5.25 Å². The molecule has 29 heavy (non-hydrogen) atoms. The number of halogens is 1. The molecule has 7 heteroatoms. The minimum Gasteiger partial charge on any atom is -0.322 e. The smallest absolute Gasteiger partial charge is 0.242 e. The largest absolute Gasteiger partial charge is 0.322 e. The van der Waals surface area contributed by atoms with Gasteiger partial charge in [0, 0.05) is 20.5 Å². The van der Waals surface area contributed by atoms with Gasteiger partial charge in [-0.05, 0) is 55.3 Å². The summed E-state index contributed by atoms with van der Waals surface area (Å²) in [6.07, 6.45) is 3.97. The van der Waals surface area contributed by atoms with Gasteiger partial charge in [0.15, 0.2) is 0 Å². The number of hydrogen-bond acceptors (Lipinski definition) is 5. The van der Waals surface area contributed by atoms with Crippen LogP contribution < -0.4 is 5.32 Å². The molecule has 2 aromatic carbocycles. The van der Waals surface area contributed by atoms with Crippen LogP contribution in [0.3, 0.4) is 0 Å². The number of carbonyl (C=O) groups excluding carboxylic acids is 1. The third kappa shape index (κ3) is 5.72. The van der Waals surface area contributed by atoms with Crippen LogP contribution in [0.2, 0.25) is 5.02 Å². The van der Waals surface area contributed by atoms with E-state index in [1.807, 2.05) is 80.1 Å². The van der Waals surface area contributed by atoms with E-state index in [0.29, 0.717) is 5.02 Å². The van der Waals surface area contributed by atoms with Gasteiger partial charge in [0.1, 0.15) is 10.3 Å². The Bertz CT molecular complexity index is 956. The Balaban J connectivity index is 1.96. The Morgan fingerprint density at radius 2 is 1.72 bits per heavy atom. The Hall–Kier alpha value is -1.60. The molecule has 1 heterocycles. The number of amides is 1. The van der Waals surface area contributed by atoms with Crippen LogP contribution in [0.25, 0.3) is 0 Å². The Labute approximate surface area is 189 Å². The van der Waals surface area contributed by atoms with Gasteiger partial charge >= 0.3 is 0 Å². The minimum absolute atomic E-state index is 0.0857. The highest BCUT2D eigenvalue weighted by atomic mass is 35.5. The number of aromatic nitrogens is 1. The van der Waals surface area contributed by atoms with Crippen molar-refractivity contribution in [1.82, 2.24) is 4.98 Å². The standard InChI is InChI=1S/C22H21ClN2OS3/c1-14-13-18(27-2)19(22(24-14)28-3)25-21(26)20(15-9-11-16(23)12-10-15)29-17-7-5-4-6-8-17/h4-13,20H,1-3H3,(H,25,26). The van der Waals surface area contributed by atoms with E-state index in [9.17, 15) is 4.79 Å². The van der Waals surface area contributed by atoms with Crippen molar-refractivity contribution in [1.29, 1.82) is 0 Å². The lowest BCUT2D eigenvalue weighted by molar-refractivity contribution is -0.115. The van der Waals surface area contributed by atoms with Crippen molar-refractivity contribution in [2.75, 3.05) is 17.8 Å². The number of aryl methyl sites for hydroxylation is 1. The van der Waals surface area contributed by atoms with E-state index >= 15 is 0 Å². The summed E-state index contributed by atoms with van der Waals surface area (Å²) in [6.45, 7) is 1.97. The van der Waals surface area contributed by atoms with Gasteiger partial charge in [-0.2, -0.15) is 0 Å². The van der Waals surface area contributed by atoms with Gasteiger partial charge in [0.05, 0.1) is 5.69 Å². The average molecular weight is 461 g/mol. The maximum Gasteiger partial charge on any atom is 0.242 e. The molecule has 0 aliphatic heterocycles. The molecule has 3 nitrogen and oxygen atoms in total. The zero-order valence-corrected chi connectivity index (χ0v) is 19.5. The molecule has 0 saturated heterocycles. The molecule has 1 N–H and O–H groups in total. The maximum absolute atomic E-state index is 13.4. The summed E-state index contributed by atoms with van der Waals surface area (Å²) in [5.41, 5.74) is 2.61. The summed E-state index contributed by atoms with van der Waals surface area (Å²) in [7, 11) is 0. The first-order valence-electron chi connectivity index (χ1n) is 8.89. The van der Waals surface area contributed by atoms with Crippen LogP contribution in [0.5, 0.6) is 0 Å². The predicted molar refractivity (Wildman–Crippen MR) is 128 cm³/mol. The number of nitrogens with zero attached hydrogens (tertiary/aromatic N) is 1. The monoisotopic (exact) mass is 460 g/mol. The van der Waals surface area contributed by atoms with Gasteiger partial charge in [0.2, 0.25) is 5.91 Å². The summed E-state index contributed by atoms with van der Waals surface area (Å²) >= 11 is 10.7. The first kappa shape index (κ1) is 22.1. The van der Waals surface area contributed by atoms with Gasteiger partial charge in [0.25, 0.3) is 0 Å². The van der Waals surface area contributed by atoms with Crippen LogP contribution in [0, 0.1) is 6.92 Å². The number of benzene rings is 2. The van der Waals surface area contributed by atoms with E-state index in [0.717, 1.165) is 31.8 Å². The van der Waals surface area contributed by atoms with Gasteiger partial charge in [-0.3, -0.25) is 4.79 Å². The van der Waals surface area contributed by atoms with Crippen molar-refractivity contribution < 1.29 is 4.79 Å². The highest BCUT2D eigenvalue weighted by molar-refractivity contribution is 8.00. The molecule has 0 saturated carbocycles. The molecule has 0 aliphatic rings. The van der Waals surface area contributed by atoms with E-state index in [4.69, 9.17) is 11.6 Å². The van der Waals surface area contributed by atoms with Crippen molar-refractivity contribution in [3.05, 3.63) is 76.9 Å². The Morgan fingerprint density at radius 1 is 1.03 bits per heavy atom. The van der Waals surface area contributed by atoms with Gasteiger partial charge in [-0.1, -0.05) is 41.9 Å². The lowest BCUT2D eigenvalue weighted by Crippen LogP contribution is -2.20. The second-order valence-corrected chi connectivity index (χ2v) is 9.46. The van der Waals surface area contributed by atoms with Crippen molar-refractivity contribution in [3.8, 4) is 0 Å². The van der Waals surface area contributed by atoms with Gasteiger partial charge < -0.3 is 5.32 Å². The first-order chi connectivity index (χ1) is 14.0. The van der Waals surface area contributed by atoms with E-state index in [1.54, 1.807) is 11.8 Å². The molecular weight excluding hydrogens is 440 g/mol. The molecule has 3 aromatic rings. The fourth-order valence-electron chi connectivity index (χ4n) is 2.77. The molecule has 0 fully saturated rings. The molecule has 150 valence electrons. The second kappa shape index (κ2) is 10.4. The van der Waals surface area contributed by atoms with Crippen LogP contribution in [-0.4, -0.2) is 23.4 Å². The predicted octanol–water partition coefficient (Wildman–Crippen LogP) is 6.96. The highest BCUT2D eigenvalue weighted by Gasteiger charge is 2.24. The summed E-state index contributed by atoms with van der Waals surface area (Å²) in [5, 5.41) is 4.20. The van der Waals surface area contributed by atoms with E-state index in [-0.39, 0.29) is 5.91 Å². The number of hydrogen-bond donors (Lipinski definition) is 1. The quantitative estimate of drug-likeness (QED) is 0.386. The lowest BCUT2D eigenvalue weighted by atomic mass is 10.1. The van der Waals surface area contributed by atoms with Crippen molar-refractivity contribution in [3.63, 3.8) is 0 Å². The summed E-state index contributed by atoms with van der Waals surface area (Å²) in [5.74, 6) is -0.0857. The zero-order valence-electron chi connectivity index (χ0n) is 16.3. The Kier molecular flexibility index (Phi) is 7.95. The molecule has 0 bridgehead atoms. The number of thioether (sulfide) groups is 3. The Morgan fingerprint density at radius 3 is 2.34 bits per heavy atom. The second-order valence-electron chi connectivity index (χ2n) is 6.20. The maximum atomic E-state index is 13.4. The summed E-state index contributed by atoms with van der Waals surface area (Å²) in [6, 6.07) is 19.4. The first-order valence-corrected chi connectivity index (χ1v) is 12.6. The topological polar surface area (TPSA) is 42.0 Å². The normalized spacial score (nSPS) is 11.9. The molecule has 0 spiro atoms. The average Bonchev–Trinajstić information content (AvgIpc) is 2.74. The number of nitrogens with one attached hydrogen (secondary N) is 1. The molecule has 1 atom stereocenters. The zero-order chi connectivity index (χ0) is 20.8. The molecular formula is C22H21ClN2OS3. The van der Waals surface area contributed by atoms with Crippen LogP contribution in [0.1, 0.15) is 16.5 Å². The molecule has 3 rings (SSSR count). The van der Waals surface area contributed by atoms with E-state index in [2.05, 4.69) is 10.3 Å². The third-order valence-corrected chi connectivity index (χ3v) is 7.11. The van der Waals surface area contributed by atoms with Crippen LogP contribution in [-0.2, 0) is 4.79 Å². The molecule has 0 aliphatic carbocycles. The van der Waals surface area contributed by atoms with Crippen molar-refractivity contribution in [2.24, 2.45) is 0 Å².